The van der Waals surface area contributed by atoms with Gasteiger partial charge in [0, 0.05) is 0 Å². The summed E-state index contributed by atoms with van der Waals surface area (Å²) in [6.07, 6.45) is 4.12. The van der Waals surface area contributed by atoms with E-state index in [9.17, 15) is 0 Å². The molecular weight excluding hydrogens is 182 g/mol. The van der Waals surface area contributed by atoms with Gasteiger partial charge in [-0.3, -0.25) is 0 Å². The van der Waals surface area contributed by atoms with Crippen LogP contribution in [0.2, 0.25) is 0 Å². The molecule has 0 aromatic carbocycles. The molecule has 2 nitrogen and oxygen atoms in total. The number of oxime groups is 1. The lowest BCUT2D eigenvalue weighted by atomic mass is 10.1. The van der Waals surface area contributed by atoms with Crippen molar-refractivity contribution in [3.05, 3.63) is 0 Å². The summed E-state index contributed by atoms with van der Waals surface area (Å²) in [5.74, 6) is 0.588. The van der Waals surface area contributed by atoms with Gasteiger partial charge in [0.2, 0.25) is 0 Å². The Hall–Kier alpha value is -0.0500. The van der Waals surface area contributed by atoms with Gasteiger partial charge in [0.1, 0.15) is 10.7 Å². The van der Waals surface area contributed by atoms with Crippen LogP contribution < -0.4 is 0 Å². The molecule has 1 fully saturated rings. The molecule has 1 saturated carbocycles. The summed E-state index contributed by atoms with van der Waals surface area (Å²) < 4.78 is 1.02. The number of nitrogens with zero attached hydrogens (tertiary/aromatic N) is 1. The second-order valence-electron chi connectivity index (χ2n) is 2.60. The first-order chi connectivity index (χ1) is 4.38. The highest BCUT2D eigenvalue weighted by atomic mass is 79.9. The second-order valence-corrected chi connectivity index (χ2v) is 3.41. The van der Waals surface area contributed by atoms with Gasteiger partial charge in [-0.05, 0) is 35.2 Å². The fourth-order valence-corrected chi connectivity index (χ4v) is 2.12. The maximum absolute atomic E-state index is 5.13. The Kier molecular flexibility index (Phi) is 1.25. The zero-order chi connectivity index (χ0) is 6.27. The maximum atomic E-state index is 5.13. The van der Waals surface area contributed by atoms with Crippen molar-refractivity contribution in [1.82, 2.24) is 0 Å². The summed E-state index contributed by atoms with van der Waals surface area (Å²) in [6, 6.07) is 0. The van der Waals surface area contributed by atoms with E-state index in [2.05, 4.69) is 21.1 Å². The minimum Gasteiger partial charge on any atom is -0.391 e. The third-order valence-electron chi connectivity index (χ3n) is 2.03. The zero-order valence-corrected chi connectivity index (χ0v) is 6.60. The van der Waals surface area contributed by atoms with Crippen LogP contribution >= 0.6 is 15.9 Å². The van der Waals surface area contributed by atoms with Gasteiger partial charge in [-0.2, -0.15) is 0 Å². The van der Waals surface area contributed by atoms with Crippen LogP contribution in [0.3, 0.4) is 0 Å². The summed E-state index contributed by atoms with van der Waals surface area (Å²) in [5.41, 5.74) is 0. The molecule has 2 aliphatic rings. The predicted octanol–water partition coefficient (Wildman–Crippen LogP) is 1.89. The van der Waals surface area contributed by atoms with Gasteiger partial charge in [0.15, 0.2) is 0 Å². The van der Waals surface area contributed by atoms with E-state index in [1.165, 1.54) is 19.3 Å². The molecule has 1 aliphatic carbocycles. The molecule has 0 aromatic rings. The first-order valence-electron chi connectivity index (χ1n) is 3.27. The molecule has 0 N–H and O–H groups in total. The highest BCUT2D eigenvalue weighted by Gasteiger charge is 2.36. The zero-order valence-electron chi connectivity index (χ0n) is 5.01. The van der Waals surface area contributed by atoms with Crippen LogP contribution in [-0.2, 0) is 4.84 Å². The molecule has 0 spiro atoms. The lowest BCUT2D eigenvalue weighted by molar-refractivity contribution is 0.0746. The van der Waals surface area contributed by atoms with Gasteiger partial charge < -0.3 is 4.84 Å². The Morgan fingerprint density at radius 2 is 2.44 bits per heavy atom. The van der Waals surface area contributed by atoms with Crippen LogP contribution in [0.25, 0.3) is 0 Å². The summed E-state index contributed by atoms with van der Waals surface area (Å²) >= 11 is 3.37. The Labute approximate surface area is 62.4 Å². The number of fused-ring (bicyclic) bond motifs is 1. The molecule has 50 valence electrons. The van der Waals surface area contributed by atoms with Crippen molar-refractivity contribution in [2.75, 3.05) is 0 Å². The molecule has 0 bridgehead atoms. The molecule has 1 aliphatic heterocycles. The Morgan fingerprint density at radius 3 is 3.22 bits per heavy atom. The van der Waals surface area contributed by atoms with E-state index in [4.69, 9.17) is 4.84 Å². The third-order valence-corrected chi connectivity index (χ3v) is 2.77. The SMILES string of the molecule is BrC1=NO[C@@H]2CCC[C@@H]12. The molecule has 9 heavy (non-hydrogen) atoms. The van der Waals surface area contributed by atoms with Gasteiger partial charge in [0.05, 0.1) is 5.92 Å². The van der Waals surface area contributed by atoms with E-state index >= 15 is 0 Å². The fourth-order valence-electron chi connectivity index (χ4n) is 1.51. The lowest BCUT2D eigenvalue weighted by Gasteiger charge is -2.03. The molecular formula is C6H8BrNO. The van der Waals surface area contributed by atoms with Crippen LogP contribution in [-0.4, -0.2) is 10.7 Å². The highest BCUT2D eigenvalue weighted by Crippen LogP contribution is 2.35. The second kappa shape index (κ2) is 1.97. The van der Waals surface area contributed by atoms with Gasteiger partial charge in [0.25, 0.3) is 0 Å². The van der Waals surface area contributed by atoms with Crippen molar-refractivity contribution in [3.63, 3.8) is 0 Å². The van der Waals surface area contributed by atoms with Crippen LogP contribution in [0.1, 0.15) is 19.3 Å². The standard InChI is InChI=1S/C6H8BrNO/c7-6-4-2-1-3-5(4)9-8-6/h4-5H,1-3H2/t4-,5-/m1/s1. The van der Waals surface area contributed by atoms with Gasteiger partial charge >= 0.3 is 0 Å². The molecule has 1 heterocycles. The van der Waals surface area contributed by atoms with Gasteiger partial charge in [-0.1, -0.05) is 5.16 Å². The lowest BCUT2D eigenvalue weighted by Crippen LogP contribution is -2.12. The molecule has 0 aromatic heterocycles. The van der Waals surface area contributed by atoms with Crippen LogP contribution in [0.5, 0.6) is 0 Å². The van der Waals surface area contributed by atoms with Crippen molar-refractivity contribution in [3.8, 4) is 0 Å². The third kappa shape index (κ3) is 0.784. The quantitative estimate of drug-likeness (QED) is 0.571. The van der Waals surface area contributed by atoms with E-state index in [0.717, 1.165) is 4.62 Å². The summed E-state index contributed by atoms with van der Waals surface area (Å²) in [4.78, 5) is 5.13. The Balaban J connectivity index is 2.16. The topological polar surface area (TPSA) is 21.6 Å². The van der Waals surface area contributed by atoms with Crippen LogP contribution in [0, 0.1) is 5.92 Å². The summed E-state index contributed by atoms with van der Waals surface area (Å²) in [5, 5.41) is 3.85. The average Bonchev–Trinajstić information content (AvgIpc) is 2.35. The highest BCUT2D eigenvalue weighted by molar-refractivity contribution is 9.18. The minimum absolute atomic E-state index is 0.402. The Morgan fingerprint density at radius 1 is 1.56 bits per heavy atom. The minimum atomic E-state index is 0.402. The molecule has 3 heteroatoms. The summed E-state index contributed by atoms with van der Waals surface area (Å²) in [6.45, 7) is 0. The predicted molar refractivity (Wildman–Crippen MR) is 38.6 cm³/mol. The molecule has 0 radical (unpaired) electrons. The van der Waals surface area contributed by atoms with Crippen molar-refractivity contribution >= 4 is 20.6 Å². The first kappa shape index (κ1) is 5.71. The molecule has 2 atom stereocenters. The first-order valence-corrected chi connectivity index (χ1v) is 4.06. The van der Waals surface area contributed by atoms with E-state index in [-0.39, 0.29) is 0 Å². The average molecular weight is 190 g/mol. The van der Waals surface area contributed by atoms with Gasteiger partial charge in [-0.25, -0.2) is 0 Å². The smallest absolute Gasteiger partial charge is 0.136 e. The van der Waals surface area contributed by atoms with Crippen molar-refractivity contribution in [2.24, 2.45) is 11.1 Å². The maximum Gasteiger partial charge on any atom is 0.136 e. The number of hydrogen-bond acceptors (Lipinski definition) is 2. The van der Waals surface area contributed by atoms with Crippen LogP contribution in [0.15, 0.2) is 5.16 Å². The van der Waals surface area contributed by atoms with E-state index in [1.54, 1.807) is 0 Å². The number of rotatable bonds is 0. The largest absolute Gasteiger partial charge is 0.391 e. The molecule has 0 unspecified atom stereocenters. The molecule has 0 saturated heterocycles. The number of hydrogen-bond donors (Lipinski definition) is 0. The van der Waals surface area contributed by atoms with Crippen LogP contribution in [0.4, 0.5) is 0 Å². The molecule has 0 amide bonds. The monoisotopic (exact) mass is 189 g/mol. The Bertz CT molecular complexity index is 157. The fraction of sp³-hybridized carbons (Fsp3) is 0.833. The van der Waals surface area contributed by atoms with E-state index in [1.807, 2.05) is 0 Å². The van der Waals surface area contributed by atoms with Gasteiger partial charge in [-0.15, -0.1) is 0 Å². The van der Waals surface area contributed by atoms with Crippen molar-refractivity contribution in [1.29, 1.82) is 0 Å². The van der Waals surface area contributed by atoms with E-state index in [0.29, 0.717) is 12.0 Å². The normalized spacial score (nSPS) is 39.9. The summed E-state index contributed by atoms with van der Waals surface area (Å²) in [7, 11) is 0. The van der Waals surface area contributed by atoms with E-state index < -0.39 is 0 Å². The number of halogens is 1. The van der Waals surface area contributed by atoms with Crippen molar-refractivity contribution in [2.45, 2.75) is 25.4 Å². The van der Waals surface area contributed by atoms with Crippen molar-refractivity contribution < 1.29 is 4.84 Å². The molecule has 2 rings (SSSR count).